The van der Waals surface area contributed by atoms with Crippen LogP contribution in [0.15, 0.2) is 0 Å². The molecule has 1 aromatic heterocycles. The lowest BCUT2D eigenvalue weighted by Gasteiger charge is -2.21. The van der Waals surface area contributed by atoms with Crippen LogP contribution in [0.4, 0.5) is 11.9 Å². The number of nitrogens with two attached hydrogens (primary N) is 1. The molecular weight excluding hydrogens is 210 g/mol. The van der Waals surface area contributed by atoms with Gasteiger partial charge in [0.2, 0.25) is 11.9 Å². The highest BCUT2D eigenvalue weighted by Crippen LogP contribution is 2.30. The zero-order valence-electron chi connectivity index (χ0n) is 9.13. The predicted octanol–water partition coefficient (Wildman–Crippen LogP) is -0.577. The van der Waals surface area contributed by atoms with Crippen LogP contribution in [0, 0.1) is 0 Å². The molecule has 0 saturated heterocycles. The zero-order chi connectivity index (χ0) is 11.5. The van der Waals surface area contributed by atoms with Gasteiger partial charge in [-0.3, -0.25) is 0 Å². The summed E-state index contributed by atoms with van der Waals surface area (Å²) in [6, 6.07) is 0.602. The van der Waals surface area contributed by atoms with Crippen LogP contribution in [0.3, 0.4) is 0 Å². The fourth-order valence-corrected chi connectivity index (χ4v) is 1.52. The van der Waals surface area contributed by atoms with Crippen molar-refractivity contribution >= 4 is 11.9 Å². The number of aromatic nitrogens is 3. The number of nitrogens with zero attached hydrogens (tertiary/aromatic N) is 4. The molecule has 0 spiro atoms. The van der Waals surface area contributed by atoms with Crippen molar-refractivity contribution in [3.8, 4) is 6.01 Å². The number of nitrogen functional groups attached to an aromatic ring is 1. The Balaban J connectivity index is 2.25. The summed E-state index contributed by atoms with van der Waals surface area (Å²) in [5.74, 6) is 0.603. The highest BCUT2D eigenvalue weighted by atomic mass is 16.5. The van der Waals surface area contributed by atoms with Gasteiger partial charge in [-0.1, -0.05) is 0 Å². The number of anilines is 2. The van der Waals surface area contributed by atoms with Crippen LogP contribution in [-0.2, 0) is 0 Å². The Morgan fingerprint density at radius 3 is 2.75 bits per heavy atom. The molecule has 0 aromatic carbocycles. The van der Waals surface area contributed by atoms with E-state index in [1.54, 1.807) is 0 Å². The lowest BCUT2D eigenvalue weighted by atomic mass is 10.5. The minimum Gasteiger partial charge on any atom is -0.467 e. The standard InChI is InChI=1S/C9H15N5O2/c1-16-9-12-7(10)11-8(13-9)14(4-5-15)6-2-3-6/h6,15H,2-5H2,1H3,(H2,10,11,12,13). The van der Waals surface area contributed by atoms with Crippen molar-refractivity contribution < 1.29 is 9.84 Å². The fourth-order valence-electron chi connectivity index (χ4n) is 1.52. The number of rotatable bonds is 5. The second-order valence-corrected chi connectivity index (χ2v) is 3.63. The van der Waals surface area contributed by atoms with Crippen LogP contribution in [0.2, 0.25) is 0 Å². The van der Waals surface area contributed by atoms with Gasteiger partial charge in [0.15, 0.2) is 0 Å². The number of hydrogen-bond donors (Lipinski definition) is 2. The average Bonchev–Trinajstić information content (AvgIpc) is 3.08. The van der Waals surface area contributed by atoms with Gasteiger partial charge in [-0.2, -0.15) is 15.0 Å². The topological polar surface area (TPSA) is 97.4 Å². The zero-order valence-corrected chi connectivity index (χ0v) is 9.13. The Labute approximate surface area is 93.3 Å². The van der Waals surface area contributed by atoms with Crippen molar-refractivity contribution in [3.05, 3.63) is 0 Å². The first-order valence-electron chi connectivity index (χ1n) is 5.17. The van der Waals surface area contributed by atoms with E-state index in [2.05, 4.69) is 15.0 Å². The third kappa shape index (κ3) is 2.30. The Kier molecular flexibility index (Phi) is 3.04. The highest BCUT2D eigenvalue weighted by molar-refractivity contribution is 5.38. The summed E-state index contributed by atoms with van der Waals surface area (Å²) in [7, 11) is 1.48. The molecule has 0 unspecified atom stereocenters. The van der Waals surface area contributed by atoms with Gasteiger partial charge in [-0.15, -0.1) is 0 Å². The van der Waals surface area contributed by atoms with Gasteiger partial charge in [0.25, 0.3) is 0 Å². The van der Waals surface area contributed by atoms with Gasteiger partial charge >= 0.3 is 6.01 Å². The minimum absolute atomic E-state index is 0.0599. The van der Waals surface area contributed by atoms with Crippen LogP contribution in [0.25, 0.3) is 0 Å². The molecule has 1 heterocycles. The molecule has 0 radical (unpaired) electrons. The van der Waals surface area contributed by atoms with Crippen LogP contribution in [-0.4, -0.2) is 46.4 Å². The average molecular weight is 225 g/mol. The molecular formula is C9H15N5O2. The summed E-state index contributed by atoms with van der Waals surface area (Å²) in [6.45, 7) is 0.557. The smallest absolute Gasteiger partial charge is 0.322 e. The fraction of sp³-hybridized carbons (Fsp3) is 0.667. The molecule has 1 fully saturated rings. The molecule has 0 atom stereocenters. The number of aliphatic hydroxyl groups is 1. The Morgan fingerprint density at radius 2 is 2.19 bits per heavy atom. The SMILES string of the molecule is COc1nc(N)nc(N(CCO)C2CC2)n1. The largest absolute Gasteiger partial charge is 0.467 e. The molecule has 7 heteroatoms. The molecule has 1 aliphatic carbocycles. The van der Waals surface area contributed by atoms with E-state index < -0.39 is 0 Å². The van der Waals surface area contributed by atoms with E-state index in [-0.39, 0.29) is 18.6 Å². The van der Waals surface area contributed by atoms with Crippen molar-refractivity contribution in [2.24, 2.45) is 0 Å². The Bertz CT molecular complexity index is 369. The summed E-state index contributed by atoms with van der Waals surface area (Å²) < 4.78 is 4.93. The summed E-state index contributed by atoms with van der Waals surface area (Å²) in [5, 5.41) is 9.00. The third-order valence-corrected chi connectivity index (χ3v) is 2.39. The first-order valence-corrected chi connectivity index (χ1v) is 5.17. The van der Waals surface area contributed by atoms with Gasteiger partial charge in [0, 0.05) is 12.6 Å². The van der Waals surface area contributed by atoms with E-state index in [1.165, 1.54) is 7.11 Å². The first-order chi connectivity index (χ1) is 7.74. The molecule has 0 bridgehead atoms. The maximum atomic E-state index is 9.00. The summed E-state index contributed by atoms with van der Waals surface area (Å²) in [6.07, 6.45) is 2.18. The third-order valence-electron chi connectivity index (χ3n) is 2.39. The van der Waals surface area contributed by atoms with Gasteiger partial charge in [0.1, 0.15) is 0 Å². The number of hydrogen-bond acceptors (Lipinski definition) is 7. The van der Waals surface area contributed by atoms with E-state index in [0.29, 0.717) is 18.5 Å². The summed E-state index contributed by atoms with van der Waals surface area (Å²) in [5.41, 5.74) is 5.56. The summed E-state index contributed by atoms with van der Waals surface area (Å²) >= 11 is 0. The lowest BCUT2D eigenvalue weighted by molar-refractivity contribution is 0.300. The molecule has 0 aliphatic heterocycles. The number of methoxy groups -OCH3 is 1. The van der Waals surface area contributed by atoms with E-state index in [0.717, 1.165) is 12.8 Å². The number of aliphatic hydroxyl groups excluding tert-OH is 1. The van der Waals surface area contributed by atoms with Crippen molar-refractivity contribution in [2.45, 2.75) is 18.9 Å². The van der Waals surface area contributed by atoms with Crippen molar-refractivity contribution in [1.29, 1.82) is 0 Å². The molecule has 0 amide bonds. The summed E-state index contributed by atoms with van der Waals surface area (Å²) in [4.78, 5) is 13.9. The number of ether oxygens (including phenoxy) is 1. The van der Waals surface area contributed by atoms with E-state index in [1.807, 2.05) is 4.90 Å². The van der Waals surface area contributed by atoms with Crippen LogP contribution in [0.5, 0.6) is 6.01 Å². The van der Waals surface area contributed by atoms with E-state index >= 15 is 0 Å². The van der Waals surface area contributed by atoms with Gasteiger partial charge in [-0.25, -0.2) is 0 Å². The maximum absolute atomic E-state index is 9.00. The Hall–Kier alpha value is -1.63. The molecule has 1 aliphatic rings. The van der Waals surface area contributed by atoms with Crippen LogP contribution in [0.1, 0.15) is 12.8 Å². The highest BCUT2D eigenvalue weighted by Gasteiger charge is 2.31. The second-order valence-electron chi connectivity index (χ2n) is 3.63. The first kappa shape index (κ1) is 10.9. The molecule has 3 N–H and O–H groups in total. The van der Waals surface area contributed by atoms with Crippen molar-refractivity contribution in [1.82, 2.24) is 15.0 Å². The molecule has 1 saturated carbocycles. The van der Waals surface area contributed by atoms with E-state index in [9.17, 15) is 0 Å². The Morgan fingerprint density at radius 1 is 1.44 bits per heavy atom. The van der Waals surface area contributed by atoms with Crippen LogP contribution < -0.4 is 15.4 Å². The molecule has 1 aromatic rings. The monoisotopic (exact) mass is 225 g/mol. The maximum Gasteiger partial charge on any atom is 0.322 e. The second kappa shape index (κ2) is 4.48. The predicted molar refractivity (Wildman–Crippen MR) is 58.2 cm³/mol. The van der Waals surface area contributed by atoms with E-state index in [4.69, 9.17) is 15.6 Å². The molecule has 16 heavy (non-hydrogen) atoms. The normalized spacial score (nSPS) is 14.9. The van der Waals surface area contributed by atoms with Crippen molar-refractivity contribution in [2.75, 3.05) is 30.9 Å². The lowest BCUT2D eigenvalue weighted by Crippen LogP contribution is -2.31. The minimum atomic E-state index is 0.0599. The van der Waals surface area contributed by atoms with Gasteiger partial charge in [-0.05, 0) is 12.8 Å². The molecule has 7 nitrogen and oxygen atoms in total. The van der Waals surface area contributed by atoms with Crippen LogP contribution >= 0.6 is 0 Å². The van der Waals surface area contributed by atoms with Gasteiger partial charge < -0.3 is 20.5 Å². The van der Waals surface area contributed by atoms with Crippen molar-refractivity contribution in [3.63, 3.8) is 0 Å². The molecule has 88 valence electrons. The quantitative estimate of drug-likeness (QED) is 0.692. The van der Waals surface area contributed by atoms with Gasteiger partial charge in [0.05, 0.1) is 13.7 Å². The molecule has 2 rings (SSSR count).